The molecular formula is C15H18ClNO4. The monoisotopic (exact) mass is 311 g/mol. The van der Waals surface area contributed by atoms with Crippen LogP contribution in [-0.2, 0) is 9.59 Å². The molecule has 0 spiro atoms. The Morgan fingerprint density at radius 1 is 1.38 bits per heavy atom. The van der Waals surface area contributed by atoms with E-state index in [2.05, 4.69) is 0 Å². The fourth-order valence-corrected chi connectivity index (χ4v) is 2.59. The molecule has 21 heavy (non-hydrogen) atoms. The Morgan fingerprint density at radius 2 is 2.05 bits per heavy atom. The summed E-state index contributed by atoms with van der Waals surface area (Å²) in [6, 6.07) is 6.74. The first kappa shape index (κ1) is 15.6. The van der Waals surface area contributed by atoms with Gasteiger partial charge in [0, 0.05) is 18.1 Å². The maximum absolute atomic E-state index is 12.1. The van der Waals surface area contributed by atoms with Crippen LogP contribution in [0.1, 0.15) is 19.8 Å². The molecule has 1 heterocycles. The summed E-state index contributed by atoms with van der Waals surface area (Å²) in [6.07, 6.45) is 1.01. The molecule has 5 nitrogen and oxygen atoms in total. The Kier molecular flexibility index (Phi) is 4.73. The quantitative estimate of drug-likeness (QED) is 0.907. The second-order valence-corrected chi connectivity index (χ2v) is 5.68. The smallest absolute Gasteiger partial charge is 0.311 e. The number of benzene rings is 1. The van der Waals surface area contributed by atoms with Crippen molar-refractivity contribution in [3.8, 4) is 5.75 Å². The van der Waals surface area contributed by atoms with E-state index in [0.29, 0.717) is 30.2 Å². The molecule has 0 radical (unpaired) electrons. The van der Waals surface area contributed by atoms with Gasteiger partial charge in [0.05, 0.1) is 5.41 Å². The third kappa shape index (κ3) is 3.47. The van der Waals surface area contributed by atoms with E-state index in [0.717, 1.165) is 0 Å². The normalized spacial score (nSPS) is 21.3. The number of carboxylic acid groups (broad SMARTS) is 1. The molecule has 1 N–H and O–H groups in total. The van der Waals surface area contributed by atoms with E-state index < -0.39 is 11.4 Å². The van der Waals surface area contributed by atoms with E-state index in [1.165, 1.54) is 0 Å². The molecule has 0 bridgehead atoms. The van der Waals surface area contributed by atoms with Gasteiger partial charge in [0.15, 0.2) is 6.61 Å². The molecule has 1 unspecified atom stereocenters. The van der Waals surface area contributed by atoms with Crippen LogP contribution in [0.3, 0.4) is 0 Å². The Morgan fingerprint density at radius 3 is 2.57 bits per heavy atom. The molecule has 0 saturated carbocycles. The van der Waals surface area contributed by atoms with Gasteiger partial charge < -0.3 is 14.7 Å². The molecule has 0 aliphatic carbocycles. The summed E-state index contributed by atoms with van der Waals surface area (Å²) >= 11 is 5.77. The molecule has 1 fully saturated rings. The number of hydrogen-bond donors (Lipinski definition) is 1. The molecule has 0 aromatic heterocycles. The zero-order chi connectivity index (χ0) is 15.5. The van der Waals surface area contributed by atoms with Gasteiger partial charge in [-0.1, -0.05) is 18.5 Å². The number of likely N-dealkylation sites (tertiary alicyclic amines) is 1. The Hall–Kier alpha value is -1.75. The highest BCUT2D eigenvalue weighted by molar-refractivity contribution is 6.30. The fraction of sp³-hybridized carbons (Fsp3) is 0.467. The lowest BCUT2D eigenvalue weighted by Crippen LogP contribution is -2.38. The summed E-state index contributed by atoms with van der Waals surface area (Å²) < 4.78 is 5.40. The van der Waals surface area contributed by atoms with Gasteiger partial charge in [-0.05, 0) is 37.1 Å². The molecule has 1 aromatic rings. The highest BCUT2D eigenvalue weighted by Gasteiger charge is 2.44. The standard InChI is InChI=1S/C15H18ClNO4/c1-2-15(14(19)20)7-8-17(10-15)13(18)9-21-12-5-3-11(16)4-6-12/h3-6H,2,7-10H2,1H3,(H,19,20). The summed E-state index contributed by atoms with van der Waals surface area (Å²) in [5.41, 5.74) is -0.810. The van der Waals surface area contributed by atoms with Crippen LogP contribution in [0.5, 0.6) is 5.75 Å². The zero-order valence-corrected chi connectivity index (χ0v) is 12.6. The van der Waals surface area contributed by atoms with E-state index in [9.17, 15) is 14.7 Å². The molecule has 1 aromatic carbocycles. The lowest BCUT2D eigenvalue weighted by atomic mass is 9.84. The number of carbonyl (C=O) groups excluding carboxylic acids is 1. The average Bonchev–Trinajstić information content (AvgIpc) is 2.92. The topological polar surface area (TPSA) is 66.8 Å². The highest BCUT2D eigenvalue weighted by atomic mass is 35.5. The molecule has 1 aliphatic heterocycles. The largest absolute Gasteiger partial charge is 0.484 e. The summed E-state index contributed by atoms with van der Waals surface area (Å²) in [6.45, 7) is 2.46. The van der Waals surface area contributed by atoms with E-state index in [1.54, 1.807) is 29.2 Å². The van der Waals surface area contributed by atoms with Crippen molar-refractivity contribution in [3.63, 3.8) is 0 Å². The predicted molar refractivity (Wildman–Crippen MR) is 78.5 cm³/mol. The van der Waals surface area contributed by atoms with Crippen LogP contribution in [0.2, 0.25) is 5.02 Å². The molecule has 1 saturated heterocycles. The van der Waals surface area contributed by atoms with E-state index in [-0.39, 0.29) is 19.1 Å². The second kappa shape index (κ2) is 6.35. The number of carbonyl (C=O) groups is 2. The third-order valence-electron chi connectivity index (χ3n) is 4.01. The van der Waals surface area contributed by atoms with Crippen molar-refractivity contribution in [2.45, 2.75) is 19.8 Å². The molecule has 1 atom stereocenters. The number of nitrogens with zero attached hydrogens (tertiary/aromatic N) is 1. The highest BCUT2D eigenvalue weighted by Crippen LogP contribution is 2.34. The minimum Gasteiger partial charge on any atom is -0.484 e. The van der Waals surface area contributed by atoms with Gasteiger partial charge in [-0.25, -0.2) is 0 Å². The van der Waals surface area contributed by atoms with Gasteiger partial charge in [0.25, 0.3) is 5.91 Å². The first-order chi connectivity index (χ1) is 9.97. The number of ether oxygens (including phenoxy) is 1. The van der Waals surface area contributed by atoms with E-state index in [1.807, 2.05) is 6.92 Å². The Balaban J connectivity index is 1.90. The molecule has 2 rings (SSSR count). The van der Waals surface area contributed by atoms with Crippen molar-refractivity contribution in [1.82, 2.24) is 4.90 Å². The average molecular weight is 312 g/mol. The van der Waals surface area contributed by atoms with Crippen LogP contribution in [0.25, 0.3) is 0 Å². The van der Waals surface area contributed by atoms with Crippen LogP contribution >= 0.6 is 11.6 Å². The minimum absolute atomic E-state index is 0.0962. The Labute approximate surface area is 128 Å². The SMILES string of the molecule is CCC1(C(=O)O)CCN(C(=O)COc2ccc(Cl)cc2)C1. The summed E-state index contributed by atoms with van der Waals surface area (Å²) in [4.78, 5) is 25.0. The van der Waals surface area contributed by atoms with Gasteiger partial charge in [-0.3, -0.25) is 9.59 Å². The van der Waals surface area contributed by atoms with Crippen molar-refractivity contribution in [2.24, 2.45) is 5.41 Å². The maximum atomic E-state index is 12.1. The van der Waals surface area contributed by atoms with Crippen molar-refractivity contribution in [2.75, 3.05) is 19.7 Å². The van der Waals surface area contributed by atoms with Gasteiger partial charge in [-0.2, -0.15) is 0 Å². The van der Waals surface area contributed by atoms with Crippen molar-refractivity contribution < 1.29 is 19.4 Å². The maximum Gasteiger partial charge on any atom is 0.311 e. The first-order valence-electron chi connectivity index (χ1n) is 6.86. The molecular weight excluding hydrogens is 294 g/mol. The van der Waals surface area contributed by atoms with Crippen LogP contribution in [0, 0.1) is 5.41 Å². The number of carboxylic acids is 1. The molecule has 1 aliphatic rings. The van der Waals surface area contributed by atoms with Crippen LogP contribution in [-0.4, -0.2) is 41.6 Å². The van der Waals surface area contributed by atoms with Gasteiger partial charge in [-0.15, -0.1) is 0 Å². The van der Waals surface area contributed by atoms with E-state index >= 15 is 0 Å². The van der Waals surface area contributed by atoms with Crippen LogP contribution in [0.15, 0.2) is 24.3 Å². The number of halogens is 1. The fourth-order valence-electron chi connectivity index (χ4n) is 2.47. The number of amides is 1. The van der Waals surface area contributed by atoms with Crippen molar-refractivity contribution in [3.05, 3.63) is 29.3 Å². The number of rotatable bonds is 5. The first-order valence-corrected chi connectivity index (χ1v) is 7.24. The number of hydrogen-bond acceptors (Lipinski definition) is 3. The molecule has 114 valence electrons. The Bertz CT molecular complexity index is 531. The third-order valence-corrected chi connectivity index (χ3v) is 4.26. The molecule has 1 amide bonds. The predicted octanol–water partition coefficient (Wildman–Crippen LogP) is 2.43. The zero-order valence-electron chi connectivity index (χ0n) is 11.8. The van der Waals surface area contributed by atoms with Crippen LogP contribution in [0.4, 0.5) is 0 Å². The van der Waals surface area contributed by atoms with Crippen molar-refractivity contribution >= 4 is 23.5 Å². The number of aliphatic carboxylic acids is 1. The molecule has 6 heteroatoms. The summed E-state index contributed by atoms with van der Waals surface area (Å²) in [7, 11) is 0. The second-order valence-electron chi connectivity index (χ2n) is 5.25. The summed E-state index contributed by atoms with van der Waals surface area (Å²) in [5, 5.41) is 9.91. The lowest BCUT2D eigenvalue weighted by molar-refractivity contribution is -0.148. The van der Waals surface area contributed by atoms with Gasteiger partial charge in [0.1, 0.15) is 5.75 Å². The lowest BCUT2D eigenvalue weighted by Gasteiger charge is -2.23. The van der Waals surface area contributed by atoms with Crippen molar-refractivity contribution in [1.29, 1.82) is 0 Å². The minimum atomic E-state index is -0.834. The van der Waals surface area contributed by atoms with Gasteiger partial charge >= 0.3 is 5.97 Å². The van der Waals surface area contributed by atoms with E-state index in [4.69, 9.17) is 16.3 Å². The van der Waals surface area contributed by atoms with Crippen LogP contribution < -0.4 is 4.74 Å². The summed E-state index contributed by atoms with van der Waals surface area (Å²) in [5.74, 6) is -0.465. The van der Waals surface area contributed by atoms with Gasteiger partial charge in [0.2, 0.25) is 0 Å².